The lowest BCUT2D eigenvalue weighted by Gasteiger charge is -2.28. The summed E-state index contributed by atoms with van der Waals surface area (Å²) in [5.41, 5.74) is 29.5. The molecule has 3 aromatic rings. The second-order valence-corrected chi connectivity index (χ2v) is 22.0. The quantitative estimate of drug-likeness (QED) is 0.0185. The average Bonchev–Trinajstić information content (AvgIpc) is 2.60. The van der Waals surface area contributed by atoms with Crippen LogP contribution in [0.1, 0.15) is 109 Å². The summed E-state index contributed by atoms with van der Waals surface area (Å²) in [4.78, 5) is 141. The SMILES string of the molecule is CC(C)C[C@H](NC(=O)[C@H](Cc1ccccc1)NC(=O)[C@H](CCC(N)=O)NC(=O)[C@H](Cc1ccc(O)cc1)NC(=O)[C@H](Cc1ccc(O)cc1)NC(=O)[C@H](CCCCN)NC(=O)[C@H](CC(C)C)NC(=O)[C@H](C)NC(=O)[C@@H](N)CCCN=C(N)N)C(=O)O. The van der Waals surface area contributed by atoms with Crippen LogP contribution >= 0.6 is 0 Å². The van der Waals surface area contributed by atoms with Gasteiger partial charge in [0.2, 0.25) is 53.2 Å². The number of hydrogen-bond donors (Lipinski definition) is 16. The molecular formula is C59H88N14O13. The van der Waals surface area contributed by atoms with Gasteiger partial charge in [0.1, 0.15) is 59.8 Å². The number of carbonyl (C=O) groups excluding carboxylic acids is 9. The molecule has 0 heterocycles. The number of amides is 9. The van der Waals surface area contributed by atoms with E-state index in [1.807, 2.05) is 0 Å². The number of guanidine groups is 1. The van der Waals surface area contributed by atoms with Gasteiger partial charge in [-0.3, -0.25) is 48.1 Å². The lowest BCUT2D eigenvalue weighted by Crippen LogP contribution is -2.61. The third-order valence-electron chi connectivity index (χ3n) is 13.5. The molecule has 86 heavy (non-hydrogen) atoms. The number of carbonyl (C=O) groups is 10. The fourth-order valence-electron chi connectivity index (χ4n) is 8.89. The molecule has 472 valence electrons. The number of nitrogens with one attached hydrogen (secondary N) is 8. The van der Waals surface area contributed by atoms with E-state index in [1.165, 1.54) is 55.5 Å². The van der Waals surface area contributed by atoms with Crippen LogP contribution in [0.5, 0.6) is 11.5 Å². The molecule has 0 aliphatic carbocycles. The number of hydrogen-bond acceptors (Lipinski definition) is 15. The van der Waals surface area contributed by atoms with Crippen LogP contribution in [0.15, 0.2) is 83.9 Å². The molecule has 0 aliphatic rings. The van der Waals surface area contributed by atoms with E-state index >= 15 is 0 Å². The van der Waals surface area contributed by atoms with E-state index in [-0.39, 0.29) is 87.3 Å². The average molecular weight is 1200 g/mol. The Morgan fingerprint density at radius 2 is 0.849 bits per heavy atom. The van der Waals surface area contributed by atoms with Gasteiger partial charge in [-0.05, 0) is 118 Å². The molecule has 0 radical (unpaired) electrons. The van der Waals surface area contributed by atoms with Crippen molar-refractivity contribution in [1.82, 2.24) is 42.5 Å². The van der Waals surface area contributed by atoms with Gasteiger partial charge in [0.05, 0.1) is 6.04 Å². The molecule has 0 saturated heterocycles. The zero-order valence-corrected chi connectivity index (χ0v) is 49.5. The first kappa shape index (κ1) is 71.4. The van der Waals surface area contributed by atoms with Crippen LogP contribution in [-0.4, -0.2) is 148 Å². The Bertz CT molecular complexity index is 2750. The Morgan fingerprint density at radius 3 is 1.28 bits per heavy atom. The number of carboxylic acid groups (broad SMARTS) is 1. The summed E-state index contributed by atoms with van der Waals surface area (Å²) in [7, 11) is 0. The first-order valence-corrected chi connectivity index (χ1v) is 28.7. The molecule has 27 heteroatoms. The van der Waals surface area contributed by atoms with Crippen LogP contribution in [0.25, 0.3) is 0 Å². The van der Waals surface area contributed by atoms with Gasteiger partial charge in [0, 0.05) is 32.2 Å². The molecule has 27 nitrogen and oxygen atoms in total. The molecule has 0 unspecified atom stereocenters. The summed E-state index contributed by atoms with van der Waals surface area (Å²) in [6.45, 7) is 9.03. The van der Waals surface area contributed by atoms with Gasteiger partial charge in [-0.2, -0.15) is 0 Å². The minimum absolute atomic E-state index is 0.00475. The molecule has 0 aromatic heterocycles. The number of unbranched alkanes of at least 4 members (excludes halogenated alkanes) is 1. The van der Waals surface area contributed by atoms with Crippen LogP contribution < -0.4 is 71.2 Å². The number of nitrogens with zero attached hydrogens (tertiary/aromatic N) is 1. The molecule has 9 atom stereocenters. The number of benzene rings is 3. The molecule has 0 bridgehead atoms. The van der Waals surface area contributed by atoms with Crippen molar-refractivity contribution in [3.05, 3.63) is 95.6 Å². The highest BCUT2D eigenvalue weighted by atomic mass is 16.4. The number of aliphatic carboxylic acids is 1. The van der Waals surface area contributed by atoms with E-state index < -0.39 is 126 Å². The van der Waals surface area contributed by atoms with E-state index in [4.69, 9.17) is 28.7 Å². The molecule has 21 N–H and O–H groups in total. The van der Waals surface area contributed by atoms with Gasteiger partial charge >= 0.3 is 5.97 Å². The molecule has 3 aromatic carbocycles. The number of aliphatic imine (C=N–C) groups is 1. The van der Waals surface area contributed by atoms with E-state index in [0.29, 0.717) is 36.0 Å². The largest absolute Gasteiger partial charge is 0.508 e. The number of aromatic hydroxyl groups is 2. The van der Waals surface area contributed by atoms with Crippen LogP contribution in [0.3, 0.4) is 0 Å². The third kappa shape index (κ3) is 26.8. The molecular weight excluding hydrogens is 1110 g/mol. The van der Waals surface area contributed by atoms with Gasteiger partial charge in [-0.15, -0.1) is 0 Å². The fraction of sp³-hybridized carbons (Fsp3) is 0.508. The Hall–Kier alpha value is -8.85. The highest BCUT2D eigenvalue weighted by molar-refractivity contribution is 5.98. The minimum Gasteiger partial charge on any atom is -0.508 e. The van der Waals surface area contributed by atoms with Crippen molar-refractivity contribution in [2.45, 2.75) is 166 Å². The number of phenolic OH excluding ortho intramolecular Hbond substituents is 2. The van der Waals surface area contributed by atoms with Crippen molar-refractivity contribution >= 4 is 65.1 Å². The predicted molar refractivity (Wildman–Crippen MR) is 321 cm³/mol. The standard InChI is InChI=1S/C59H88N14O13/c1-33(2)28-44(69-50(77)35(5)66-51(78)41(61)14-11-27-65-59(63)64)54(81)67-42(15-9-10-26-60)52(79)70-47(32-38-18-22-40(75)23-19-38)56(83)72-46(31-37-16-20-39(74)21-17-37)55(82)68-43(24-25-49(62)76)53(80)71-45(30-36-12-7-6-8-13-36)57(84)73-48(58(85)86)29-34(3)4/h6-8,12-13,16-23,33-35,41-48,74-75H,9-11,14-15,24-32,60-61H2,1-5H3,(H2,62,76)(H,66,78)(H,67,81)(H,68,82)(H,69,77)(H,70,79)(H,71,80)(H,72,83)(H,73,84)(H,85,86)(H4,63,64,65)/t35-,41-,42-,43-,44-,45-,46-,47-,48-/m0/s1. The summed E-state index contributed by atoms with van der Waals surface area (Å²) in [6, 6.07) is 7.68. The Morgan fingerprint density at radius 1 is 0.453 bits per heavy atom. The van der Waals surface area contributed by atoms with Crippen molar-refractivity contribution in [3.63, 3.8) is 0 Å². The molecule has 9 amide bonds. The summed E-state index contributed by atoms with van der Waals surface area (Å²) in [5, 5.41) is 51.2. The van der Waals surface area contributed by atoms with Crippen molar-refractivity contribution in [3.8, 4) is 11.5 Å². The zero-order chi connectivity index (χ0) is 64.0. The van der Waals surface area contributed by atoms with Gasteiger partial charge in [0.15, 0.2) is 5.96 Å². The van der Waals surface area contributed by atoms with Crippen LogP contribution in [-0.2, 0) is 67.2 Å². The molecule has 0 fully saturated rings. The Kier molecular flexibility index (Phi) is 30.5. The van der Waals surface area contributed by atoms with E-state index in [2.05, 4.69) is 47.5 Å². The smallest absolute Gasteiger partial charge is 0.326 e. The summed E-state index contributed by atoms with van der Waals surface area (Å²) in [6.07, 6.45) is -0.00328. The normalized spacial score (nSPS) is 14.2. The third-order valence-corrected chi connectivity index (χ3v) is 13.5. The molecule has 3 rings (SSSR count). The number of phenols is 2. The van der Waals surface area contributed by atoms with Crippen LogP contribution in [0.4, 0.5) is 0 Å². The van der Waals surface area contributed by atoms with Gasteiger partial charge in [-0.1, -0.05) is 82.3 Å². The lowest BCUT2D eigenvalue weighted by molar-refractivity contribution is -0.142. The van der Waals surface area contributed by atoms with E-state index in [0.717, 1.165) is 0 Å². The second kappa shape index (κ2) is 36.8. The molecule has 0 spiro atoms. The molecule has 0 aliphatic heterocycles. The zero-order valence-electron chi connectivity index (χ0n) is 49.5. The maximum absolute atomic E-state index is 14.8. The van der Waals surface area contributed by atoms with E-state index in [1.54, 1.807) is 58.0 Å². The van der Waals surface area contributed by atoms with Crippen molar-refractivity contribution in [1.29, 1.82) is 0 Å². The summed E-state index contributed by atoms with van der Waals surface area (Å²) < 4.78 is 0. The van der Waals surface area contributed by atoms with Crippen molar-refractivity contribution in [2.75, 3.05) is 13.1 Å². The number of rotatable bonds is 38. The predicted octanol–water partition coefficient (Wildman–Crippen LogP) is -1.02. The maximum atomic E-state index is 14.8. The Balaban J connectivity index is 2.01. The first-order valence-electron chi connectivity index (χ1n) is 28.7. The van der Waals surface area contributed by atoms with Crippen LogP contribution in [0, 0.1) is 11.8 Å². The fourth-order valence-corrected chi connectivity index (χ4v) is 8.89. The molecule has 0 saturated carbocycles. The highest BCUT2D eigenvalue weighted by Gasteiger charge is 2.36. The minimum atomic E-state index is -1.60. The maximum Gasteiger partial charge on any atom is 0.326 e. The van der Waals surface area contributed by atoms with Gasteiger partial charge < -0.3 is 86.5 Å². The van der Waals surface area contributed by atoms with Gasteiger partial charge in [-0.25, -0.2) is 4.79 Å². The monoisotopic (exact) mass is 1200 g/mol. The topological polar surface area (TPSA) is 470 Å². The number of primary amides is 1. The van der Waals surface area contributed by atoms with Gasteiger partial charge in [0.25, 0.3) is 0 Å². The summed E-state index contributed by atoms with van der Waals surface area (Å²) >= 11 is 0. The lowest BCUT2D eigenvalue weighted by atomic mass is 10.00. The number of nitrogens with two attached hydrogens (primary N) is 5. The second-order valence-electron chi connectivity index (χ2n) is 22.0. The van der Waals surface area contributed by atoms with Crippen LogP contribution in [0.2, 0.25) is 0 Å². The first-order chi connectivity index (χ1) is 40.6. The van der Waals surface area contributed by atoms with Crippen molar-refractivity contribution < 1.29 is 63.3 Å². The van der Waals surface area contributed by atoms with E-state index in [9.17, 15) is 63.3 Å². The Labute approximate surface area is 500 Å². The summed E-state index contributed by atoms with van der Waals surface area (Å²) in [5.74, 6) is -9.53. The highest BCUT2D eigenvalue weighted by Crippen LogP contribution is 2.17. The van der Waals surface area contributed by atoms with Crippen molar-refractivity contribution in [2.24, 2.45) is 45.5 Å². The number of carboxylic acids is 1.